The number of carbonyl (C=O) groups excluding carboxylic acids is 1. The lowest BCUT2D eigenvalue weighted by atomic mass is 10.2. The van der Waals surface area contributed by atoms with Crippen molar-refractivity contribution in [2.45, 2.75) is 0 Å². The Morgan fingerprint density at radius 1 is 1.40 bits per heavy atom. The zero-order valence-electron chi connectivity index (χ0n) is 7.83. The highest BCUT2D eigenvalue weighted by atomic mass is 19.1. The van der Waals surface area contributed by atoms with Gasteiger partial charge in [0.1, 0.15) is 5.82 Å². The number of nitrogens with one attached hydrogen (secondary N) is 2. The first-order valence-electron chi connectivity index (χ1n) is 4.17. The Kier molecular flexibility index (Phi) is 3.56. The highest BCUT2D eigenvalue weighted by molar-refractivity contribution is 5.95. The van der Waals surface area contributed by atoms with E-state index in [1.54, 1.807) is 30.3 Å². The zero-order chi connectivity index (χ0) is 11.3. The molecule has 0 bridgehead atoms. The van der Waals surface area contributed by atoms with E-state index in [0.29, 0.717) is 11.8 Å². The fourth-order valence-corrected chi connectivity index (χ4v) is 0.921. The van der Waals surface area contributed by atoms with Gasteiger partial charge in [0.25, 0.3) is 5.91 Å². The summed E-state index contributed by atoms with van der Waals surface area (Å²) in [4.78, 5) is 11.4. The van der Waals surface area contributed by atoms with Crippen LogP contribution in [0.2, 0.25) is 0 Å². The minimum absolute atomic E-state index is 0.373. The standard InChI is InChI=1S/C10H10FN3O/c11-8(6-12)9(13)14-10(15)7-4-2-1-3-5-7/h1-6,12H,13H2,(H,14,15)/b9-8-,12-6?. The molecule has 78 valence electrons. The minimum atomic E-state index is -0.973. The number of benzene rings is 1. The van der Waals surface area contributed by atoms with Crippen LogP contribution < -0.4 is 11.1 Å². The third-order valence-electron chi connectivity index (χ3n) is 1.67. The predicted molar refractivity (Wildman–Crippen MR) is 55.0 cm³/mol. The van der Waals surface area contributed by atoms with Crippen LogP contribution in [-0.2, 0) is 0 Å². The summed E-state index contributed by atoms with van der Waals surface area (Å²) in [6.45, 7) is 0. The fourth-order valence-electron chi connectivity index (χ4n) is 0.921. The first-order chi connectivity index (χ1) is 7.15. The van der Waals surface area contributed by atoms with Crippen LogP contribution in [0.25, 0.3) is 0 Å². The maximum atomic E-state index is 12.7. The first-order valence-corrected chi connectivity index (χ1v) is 4.17. The van der Waals surface area contributed by atoms with Crippen LogP contribution in [0, 0.1) is 5.41 Å². The molecule has 1 rings (SSSR count). The van der Waals surface area contributed by atoms with Gasteiger partial charge in [-0.05, 0) is 12.1 Å². The molecule has 1 aromatic carbocycles. The molecule has 0 fully saturated rings. The second-order valence-electron chi connectivity index (χ2n) is 2.73. The molecule has 0 aromatic heterocycles. The van der Waals surface area contributed by atoms with Gasteiger partial charge in [-0.1, -0.05) is 18.2 Å². The summed E-state index contributed by atoms with van der Waals surface area (Å²) in [6.07, 6.45) is 0.431. The highest BCUT2D eigenvalue weighted by Crippen LogP contribution is 2.00. The summed E-state index contributed by atoms with van der Waals surface area (Å²) in [5.74, 6) is -1.94. The summed E-state index contributed by atoms with van der Waals surface area (Å²) in [5, 5.41) is 8.74. The molecular weight excluding hydrogens is 197 g/mol. The molecule has 0 aliphatic heterocycles. The van der Waals surface area contributed by atoms with Gasteiger partial charge in [-0.3, -0.25) is 4.79 Å². The van der Waals surface area contributed by atoms with E-state index in [0.717, 1.165) is 0 Å². The van der Waals surface area contributed by atoms with Crippen molar-refractivity contribution in [1.82, 2.24) is 5.32 Å². The molecule has 0 radical (unpaired) electrons. The van der Waals surface area contributed by atoms with Gasteiger partial charge in [0.15, 0.2) is 5.83 Å². The molecule has 0 unspecified atom stereocenters. The maximum Gasteiger partial charge on any atom is 0.256 e. The molecule has 4 N–H and O–H groups in total. The van der Waals surface area contributed by atoms with Crippen LogP contribution >= 0.6 is 0 Å². The molecule has 0 saturated carbocycles. The quantitative estimate of drug-likeness (QED) is 0.650. The van der Waals surface area contributed by atoms with Crippen molar-refractivity contribution in [3.05, 3.63) is 47.5 Å². The van der Waals surface area contributed by atoms with Gasteiger partial charge in [-0.25, -0.2) is 4.39 Å². The number of rotatable bonds is 3. The van der Waals surface area contributed by atoms with Crippen LogP contribution in [0.1, 0.15) is 10.4 Å². The van der Waals surface area contributed by atoms with Crippen LogP contribution in [0.5, 0.6) is 0 Å². The van der Waals surface area contributed by atoms with E-state index in [1.807, 2.05) is 0 Å². The number of carbonyl (C=O) groups is 1. The predicted octanol–water partition coefficient (Wildman–Crippen LogP) is 1.16. The first kappa shape index (κ1) is 10.9. The summed E-state index contributed by atoms with van der Waals surface area (Å²) in [7, 11) is 0. The summed E-state index contributed by atoms with van der Waals surface area (Å²) in [5.41, 5.74) is 5.56. The van der Waals surface area contributed by atoms with Gasteiger partial charge in [0.2, 0.25) is 0 Å². The van der Waals surface area contributed by atoms with Gasteiger partial charge in [-0.15, -0.1) is 0 Å². The van der Waals surface area contributed by atoms with Crippen LogP contribution in [0.3, 0.4) is 0 Å². The molecule has 1 aromatic rings. The topological polar surface area (TPSA) is 79.0 Å². The van der Waals surface area contributed by atoms with Crippen molar-refractivity contribution in [2.24, 2.45) is 5.73 Å². The number of nitrogens with two attached hydrogens (primary N) is 1. The molecule has 4 nitrogen and oxygen atoms in total. The minimum Gasteiger partial charge on any atom is -0.383 e. The number of allylic oxidation sites excluding steroid dienone is 1. The molecule has 15 heavy (non-hydrogen) atoms. The van der Waals surface area contributed by atoms with Crippen LogP contribution in [0.15, 0.2) is 42.0 Å². The average Bonchev–Trinajstić information content (AvgIpc) is 2.29. The largest absolute Gasteiger partial charge is 0.383 e. The van der Waals surface area contributed by atoms with Crippen molar-refractivity contribution >= 4 is 12.1 Å². The molecule has 1 amide bonds. The van der Waals surface area contributed by atoms with E-state index in [-0.39, 0.29) is 0 Å². The number of halogens is 1. The Morgan fingerprint density at radius 2 is 2.00 bits per heavy atom. The van der Waals surface area contributed by atoms with E-state index in [1.165, 1.54) is 0 Å². The van der Waals surface area contributed by atoms with Crippen LogP contribution in [-0.4, -0.2) is 12.1 Å². The Labute approximate surface area is 86.1 Å². The van der Waals surface area contributed by atoms with Gasteiger partial charge < -0.3 is 16.5 Å². The maximum absolute atomic E-state index is 12.7. The number of hydrogen-bond donors (Lipinski definition) is 3. The van der Waals surface area contributed by atoms with Gasteiger partial charge in [0, 0.05) is 5.56 Å². The Morgan fingerprint density at radius 3 is 2.53 bits per heavy atom. The van der Waals surface area contributed by atoms with Crippen molar-refractivity contribution in [2.75, 3.05) is 0 Å². The Hall–Kier alpha value is -2.17. The van der Waals surface area contributed by atoms with Gasteiger partial charge in [0.05, 0.1) is 6.21 Å². The lowest BCUT2D eigenvalue weighted by Crippen LogP contribution is -2.28. The van der Waals surface area contributed by atoms with Gasteiger partial charge in [-0.2, -0.15) is 0 Å². The molecule has 0 atom stereocenters. The van der Waals surface area contributed by atoms with Gasteiger partial charge >= 0.3 is 0 Å². The Bertz CT molecular complexity index is 400. The molecule has 0 spiro atoms. The van der Waals surface area contributed by atoms with Crippen LogP contribution in [0.4, 0.5) is 4.39 Å². The number of hydrogen-bond acceptors (Lipinski definition) is 3. The fraction of sp³-hybridized carbons (Fsp3) is 0. The summed E-state index contributed by atoms with van der Waals surface area (Å²) < 4.78 is 12.7. The molecule has 0 heterocycles. The Balaban J connectivity index is 2.77. The van der Waals surface area contributed by atoms with Crippen molar-refractivity contribution in [3.8, 4) is 0 Å². The highest BCUT2D eigenvalue weighted by Gasteiger charge is 2.07. The molecular formula is C10H10FN3O. The molecule has 0 aliphatic rings. The number of amides is 1. The SMILES string of the molecule is N=C/C(F)=C(\N)NC(=O)c1ccccc1. The summed E-state index contributed by atoms with van der Waals surface area (Å²) >= 11 is 0. The lowest BCUT2D eigenvalue weighted by molar-refractivity contribution is 0.0964. The van der Waals surface area contributed by atoms with E-state index in [9.17, 15) is 9.18 Å². The molecule has 0 saturated heterocycles. The molecule has 5 heteroatoms. The van der Waals surface area contributed by atoms with Crippen molar-refractivity contribution in [1.29, 1.82) is 5.41 Å². The van der Waals surface area contributed by atoms with E-state index in [2.05, 4.69) is 5.32 Å². The van der Waals surface area contributed by atoms with Crippen molar-refractivity contribution in [3.63, 3.8) is 0 Å². The third kappa shape index (κ3) is 2.91. The average molecular weight is 207 g/mol. The van der Waals surface area contributed by atoms with E-state index in [4.69, 9.17) is 11.1 Å². The summed E-state index contributed by atoms with van der Waals surface area (Å²) in [6, 6.07) is 8.27. The monoisotopic (exact) mass is 207 g/mol. The lowest BCUT2D eigenvalue weighted by Gasteiger charge is -2.04. The smallest absolute Gasteiger partial charge is 0.256 e. The second-order valence-corrected chi connectivity index (χ2v) is 2.73. The van der Waals surface area contributed by atoms with E-state index < -0.39 is 17.6 Å². The third-order valence-corrected chi connectivity index (χ3v) is 1.67. The normalized spacial score (nSPS) is 11.5. The second kappa shape index (κ2) is 4.90. The van der Waals surface area contributed by atoms with Crippen molar-refractivity contribution < 1.29 is 9.18 Å². The van der Waals surface area contributed by atoms with E-state index >= 15 is 0 Å². The molecule has 0 aliphatic carbocycles. The zero-order valence-corrected chi connectivity index (χ0v) is 7.83.